The van der Waals surface area contributed by atoms with Gasteiger partial charge < -0.3 is 15.8 Å². The zero-order valence-corrected chi connectivity index (χ0v) is 17.5. The van der Waals surface area contributed by atoms with Gasteiger partial charge in [-0.25, -0.2) is 4.39 Å². The minimum Gasteiger partial charge on any atom is -0.439 e. The molecule has 1 heterocycles. The van der Waals surface area contributed by atoms with Gasteiger partial charge in [-0.05, 0) is 72.1 Å². The summed E-state index contributed by atoms with van der Waals surface area (Å²) in [6.45, 7) is 1.86. The highest BCUT2D eigenvalue weighted by molar-refractivity contribution is 5.67. The van der Waals surface area contributed by atoms with Gasteiger partial charge in [-0.15, -0.1) is 0 Å². The molecule has 33 heavy (non-hydrogen) atoms. The van der Waals surface area contributed by atoms with Crippen LogP contribution >= 0.6 is 0 Å². The van der Waals surface area contributed by atoms with E-state index in [9.17, 15) is 4.39 Å². The Morgan fingerprint density at radius 1 is 0.909 bits per heavy atom. The van der Waals surface area contributed by atoms with E-state index in [2.05, 4.69) is 21.4 Å². The predicted molar refractivity (Wildman–Crippen MR) is 122 cm³/mol. The first-order chi connectivity index (χ1) is 15.9. The summed E-state index contributed by atoms with van der Waals surface area (Å²) in [7, 11) is 0. The molecule has 0 radical (unpaired) electrons. The molecule has 4 aromatic rings. The molecule has 0 aliphatic carbocycles. The second-order valence-electron chi connectivity index (χ2n) is 7.16. The maximum Gasteiger partial charge on any atom is 0.232 e. The van der Waals surface area contributed by atoms with E-state index in [4.69, 9.17) is 21.0 Å². The molecule has 0 fully saturated rings. The number of nitrogens with zero attached hydrogens (tertiary/aromatic N) is 4. The summed E-state index contributed by atoms with van der Waals surface area (Å²) < 4.78 is 19.9. The molecule has 160 valence electrons. The molecule has 0 aliphatic heterocycles. The summed E-state index contributed by atoms with van der Waals surface area (Å²) in [5.74, 6) is 0.705. The van der Waals surface area contributed by atoms with Crippen molar-refractivity contribution in [3.63, 3.8) is 0 Å². The number of hydrogen-bond donors (Lipinski definition) is 2. The Labute approximate surface area is 189 Å². The zero-order valence-electron chi connectivity index (χ0n) is 17.5. The van der Waals surface area contributed by atoms with Crippen molar-refractivity contribution in [2.24, 2.45) is 0 Å². The molecule has 0 saturated heterocycles. The van der Waals surface area contributed by atoms with Crippen molar-refractivity contribution >= 4 is 17.5 Å². The van der Waals surface area contributed by atoms with E-state index >= 15 is 0 Å². The first-order valence-electron chi connectivity index (χ1n) is 9.85. The van der Waals surface area contributed by atoms with Crippen molar-refractivity contribution in [3.05, 3.63) is 89.2 Å². The van der Waals surface area contributed by atoms with Crippen LogP contribution in [0, 0.1) is 35.4 Å². The fraction of sp³-hybridized carbons (Fsp3) is 0.0400. The van der Waals surface area contributed by atoms with Gasteiger partial charge in [0.15, 0.2) is 0 Å². The van der Waals surface area contributed by atoms with Gasteiger partial charge in [-0.3, -0.25) is 0 Å². The monoisotopic (exact) mass is 436 g/mol. The number of nitriles is 2. The lowest BCUT2D eigenvalue weighted by Crippen LogP contribution is -2.02. The molecule has 0 bridgehead atoms. The zero-order chi connectivity index (χ0) is 23.4. The fourth-order valence-electron chi connectivity index (χ4n) is 3.15. The summed E-state index contributed by atoms with van der Waals surface area (Å²) in [4.78, 5) is 8.51. The van der Waals surface area contributed by atoms with Crippen LogP contribution in [0.4, 0.5) is 21.8 Å². The van der Waals surface area contributed by atoms with E-state index in [1.165, 1.54) is 18.2 Å². The number of rotatable bonds is 5. The van der Waals surface area contributed by atoms with Crippen molar-refractivity contribution in [3.8, 4) is 34.9 Å². The highest BCUT2D eigenvalue weighted by atomic mass is 19.1. The minimum absolute atomic E-state index is 0.00203. The molecule has 8 heteroatoms. The maximum atomic E-state index is 14.0. The first-order valence-corrected chi connectivity index (χ1v) is 9.85. The lowest BCUT2D eigenvalue weighted by Gasteiger charge is -2.12. The third-order valence-corrected chi connectivity index (χ3v) is 4.80. The van der Waals surface area contributed by atoms with E-state index < -0.39 is 5.82 Å². The Bertz CT molecular complexity index is 1420. The average Bonchev–Trinajstić information content (AvgIpc) is 2.80. The number of hydrogen-bond acceptors (Lipinski definition) is 7. The molecule has 3 aromatic carbocycles. The molecule has 0 saturated carbocycles. The predicted octanol–water partition coefficient (Wildman–Crippen LogP) is 5.45. The van der Waals surface area contributed by atoms with Gasteiger partial charge in [-0.2, -0.15) is 20.5 Å². The minimum atomic E-state index is -0.563. The molecule has 7 nitrogen and oxygen atoms in total. The van der Waals surface area contributed by atoms with Crippen molar-refractivity contribution in [2.45, 2.75) is 6.92 Å². The maximum absolute atomic E-state index is 14.0. The number of aryl methyl sites for hydroxylation is 1. The van der Waals surface area contributed by atoms with Crippen molar-refractivity contribution < 1.29 is 9.13 Å². The van der Waals surface area contributed by atoms with Crippen LogP contribution in [0.15, 0.2) is 66.7 Å². The molecule has 0 spiro atoms. The summed E-state index contributed by atoms with van der Waals surface area (Å²) >= 11 is 0. The number of halogens is 1. The second kappa shape index (κ2) is 9.04. The molecule has 4 rings (SSSR count). The van der Waals surface area contributed by atoms with E-state index in [0.29, 0.717) is 22.6 Å². The summed E-state index contributed by atoms with van der Waals surface area (Å²) in [5, 5.41) is 20.8. The van der Waals surface area contributed by atoms with Crippen LogP contribution in [0.25, 0.3) is 11.1 Å². The van der Waals surface area contributed by atoms with E-state index in [-0.39, 0.29) is 23.2 Å². The number of benzene rings is 3. The average molecular weight is 436 g/mol. The molecule has 1 aromatic heterocycles. The van der Waals surface area contributed by atoms with Crippen LogP contribution in [0.2, 0.25) is 0 Å². The highest BCUT2D eigenvalue weighted by Crippen LogP contribution is 2.30. The van der Waals surface area contributed by atoms with Gasteiger partial charge in [0.2, 0.25) is 11.8 Å². The molecule has 0 unspecified atom stereocenters. The highest BCUT2D eigenvalue weighted by Gasteiger charge is 2.10. The molecule has 0 atom stereocenters. The van der Waals surface area contributed by atoms with Crippen LogP contribution in [-0.2, 0) is 0 Å². The second-order valence-corrected chi connectivity index (χ2v) is 7.16. The third kappa shape index (κ3) is 4.87. The number of nitrogen functional groups attached to an aromatic ring is 1. The summed E-state index contributed by atoms with van der Waals surface area (Å²) in [5.41, 5.74) is 9.40. The number of aromatic nitrogens is 2. The van der Waals surface area contributed by atoms with Gasteiger partial charge >= 0.3 is 0 Å². The van der Waals surface area contributed by atoms with E-state index in [1.807, 2.05) is 19.1 Å². The molecular weight excluding hydrogens is 419 g/mol. The number of anilines is 3. The fourth-order valence-corrected chi connectivity index (χ4v) is 3.15. The normalized spacial score (nSPS) is 10.2. The summed E-state index contributed by atoms with van der Waals surface area (Å²) in [6, 6.07) is 22.1. The SMILES string of the molecule is Cc1cc(-c2ccc(C#N)c(F)c2)ccc1Oc1cc(N)nc(Nc2ccc(C#N)cc2)n1. The Morgan fingerprint density at radius 3 is 2.30 bits per heavy atom. The Balaban J connectivity index is 1.55. The van der Waals surface area contributed by atoms with Gasteiger partial charge in [0, 0.05) is 11.8 Å². The first kappa shape index (κ1) is 21.3. The number of nitrogens with two attached hydrogens (primary N) is 1. The molecular formula is C25H17FN6O. The number of nitrogens with one attached hydrogen (secondary N) is 1. The van der Waals surface area contributed by atoms with Crippen molar-refractivity contribution in [2.75, 3.05) is 11.1 Å². The Hall–Kier alpha value is -4.95. The lowest BCUT2D eigenvalue weighted by atomic mass is 10.0. The third-order valence-electron chi connectivity index (χ3n) is 4.80. The van der Waals surface area contributed by atoms with Gasteiger partial charge in [0.05, 0.1) is 17.2 Å². The van der Waals surface area contributed by atoms with Crippen LogP contribution in [0.1, 0.15) is 16.7 Å². The van der Waals surface area contributed by atoms with E-state index in [0.717, 1.165) is 11.1 Å². The van der Waals surface area contributed by atoms with Crippen molar-refractivity contribution in [1.82, 2.24) is 9.97 Å². The van der Waals surface area contributed by atoms with Crippen LogP contribution < -0.4 is 15.8 Å². The number of ether oxygens (including phenoxy) is 1. The smallest absolute Gasteiger partial charge is 0.232 e. The standard InChI is InChI=1S/C25H17FN6O/c1-15-10-17(18-4-5-19(14-28)21(26)11-18)6-9-22(15)33-24-12-23(29)31-25(32-24)30-20-7-2-16(13-27)3-8-20/h2-12H,1H3,(H3,29,30,31,32). The van der Waals surface area contributed by atoms with E-state index in [1.54, 1.807) is 42.5 Å². The van der Waals surface area contributed by atoms with Gasteiger partial charge in [0.1, 0.15) is 23.5 Å². The Morgan fingerprint density at radius 2 is 1.64 bits per heavy atom. The van der Waals surface area contributed by atoms with Gasteiger partial charge in [0.25, 0.3) is 0 Å². The Kier molecular flexibility index (Phi) is 5.83. The molecule has 0 amide bonds. The largest absolute Gasteiger partial charge is 0.439 e. The quantitative estimate of drug-likeness (QED) is 0.426. The van der Waals surface area contributed by atoms with Crippen LogP contribution in [-0.4, -0.2) is 9.97 Å². The van der Waals surface area contributed by atoms with Gasteiger partial charge in [-0.1, -0.05) is 12.1 Å². The van der Waals surface area contributed by atoms with Crippen molar-refractivity contribution in [1.29, 1.82) is 10.5 Å². The summed E-state index contributed by atoms with van der Waals surface area (Å²) in [6.07, 6.45) is 0. The topological polar surface area (TPSA) is 121 Å². The molecule has 0 aliphatic rings. The van der Waals surface area contributed by atoms with Crippen LogP contribution in [0.3, 0.4) is 0 Å². The molecule has 3 N–H and O–H groups in total. The van der Waals surface area contributed by atoms with Crippen LogP contribution in [0.5, 0.6) is 11.6 Å². The lowest BCUT2D eigenvalue weighted by molar-refractivity contribution is 0.459.